The molecule has 0 aromatic heterocycles. The molecule has 0 aliphatic rings. The van der Waals surface area contributed by atoms with Crippen LogP contribution >= 0.6 is 0 Å². The van der Waals surface area contributed by atoms with E-state index in [0.717, 1.165) is 18.8 Å². The molecule has 0 bridgehead atoms. The van der Waals surface area contributed by atoms with E-state index >= 15 is 0 Å². The molecule has 0 heterocycles. The maximum atomic E-state index is 11.8. The molecular formula is C13H20N2O2. The third-order valence-electron chi connectivity index (χ3n) is 2.48. The SMILES string of the molecule is CCN(CCOC)CC(=O)Nc1ccccc1. The van der Waals surface area contributed by atoms with Gasteiger partial charge in [-0.3, -0.25) is 9.69 Å². The summed E-state index contributed by atoms with van der Waals surface area (Å²) in [5, 5.41) is 2.86. The van der Waals surface area contributed by atoms with Crippen LogP contribution < -0.4 is 5.32 Å². The van der Waals surface area contributed by atoms with Crippen molar-refractivity contribution < 1.29 is 9.53 Å². The Hall–Kier alpha value is -1.39. The van der Waals surface area contributed by atoms with Crippen LogP contribution in [-0.4, -0.2) is 44.2 Å². The minimum atomic E-state index is 0.00848. The van der Waals surface area contributed by atoms with Gasteiger partial charge in [-0.15, -0.1) is 0 Å². The molecule has 0 unspecified atom stereocenters. The number of amides is 1. The first-order valence-corrected chi connectivity index (χ1v) is 5.82. The van der Waals surface area contributed by atoms with Crippen molar-refractivity contribution >= 4 is 11.6 Å². The van der Waals surface area contributed by atoms with Gasteiger partial charge in [-0.1, -0.05) is 25.1 Å². The van der Waals surface area contributed by atoms with Gasteiger partial charge in [0.1, 0.15) is 0 Å². The van der Waals surface area contributed by atoms with Gasteiger partial charge in [-0.25, -0.2) is 0 Å². The van der Waals surface area contributed by atoms with E-state index < -0.39 is 0 Å². The second kappa shape index (κ2) is 7.81. The van der Waals surface area contributed by atoms with E-state index in [4.69, 9.17) is 4.74 Å². The summed E-state index contributed by atoms with van der Waals surface area (Å²) in [7, 11) is 1.66. The Morgan fingerprint density at radius 3 is 2.65 bits per heavy atom. The number of likely N-dealkylation sites (N-methyl/N-ethyl adjacent to an activating group) is 1. The van der Waals surface area contributed by atoms with Crippen LogP contribution in [-0.2, 0) is 9.53 Å². The molecule has 0 spiro atoms. The van der Waals surface area contributed by atoms with E-state index in [9.17, 15) is 4.79 Å². The van der Waals surface area contributed by atoms with E-state index in [1.165, 1.54) is 0 Å². The Morgan fingerprint density at radius 1 is 1.35 bits per heavy atom. The van der Waals surface area contributed by atoms with Gasteiger partial charge >= 0.3 is 0 Å². The minimum absolute atomic E-state index is 0.00848. The second-order valence-corrected chi connectivity index (χ2v) is 3.78. The predicted octanol–water partition coefficient (Wildman–Crippen LogP) is 1.59. The fourth-order valence-corrected chi connectivity index (χ4v) is 1.49. The van der Waals surface area contributed by atoms with Crippen LogP contribution in [0.1, 0.15) is 6.92 Å². The van der Waals surface area contributed by atoms with Gasteiger partial charge in [0.25, 0.3) is 0 Å². The number of hydrogen-bond acceptors (Lipinski definition) is 3. The quantitative estimate of drug-likeness (QED) is 0.781. The normalized spacial score (nSPS) is 10.5. The lowest BCUT2D eigenvalue weighted by Gasteiger charge is -2.19. The third kappa shape index (κ3) is 5.47. The van der Waals surface area contributed by atoms with Crippen LogP contribution in [0.4, 0.5) is 5.69 Å². The first-order valence-electron chi connectivity index (χ1n) is 5.82. The first-order chi connectivity index (χ1) is 8.26. The van der Waals surface area contributed by atoms with Gasteiger partial charge in [0.15, 0.2) is 0 Å². The number of nitrogens with one attached hydrogen (secondary N) is 1. The van der Waals surface area contributed by atoms with E-state index in [1.807, 2.05) is 42.2 Å². The molecule has 0 saturated carbocycles. The standard InChI is InChI=1S/C13H20N2O2/c1-3-15(9-10-17-2)11-13(16)14-12-7-5-4-6-8-12/h4-8H,3,9-11H2,1-2H3,(H,14,16). The van der Waals surface area contributed by atoms with Crippen molar-refractivity contribution in [3.05, 3.63) is 30.3 Å². The number of anilines is 1. The Labute approximate surface area is 103 Å². The van der Waals surface area contributed by atoms with E-state index in [-0.39, 0.29) is 5.91 Å². The molecule has 0 saturated heterocycles. The Balaban J connectivity index is 2.37. The molecule has 0 atom stereocenters. The zero-order chi connectivity index (χ0) is 12.5. The molecule has 4 heteroatoms. The van der Waals surface area contributed by atoms with Crippen LogP contribution in [0.15, 0.2) is 30.3 Å². The summed E-state index contributed by atoms with van der Waals surface area (Å²) in [5.41, 5.74) is 0.834. The summed E-state index contributed by atoms with van der Waals surface area (Å²) in [6, 6.07) is 9.48. The molecule has 0 fully saturated rings. The maximum absolute atomic E-state index is 11.8. The number of hydrogen-bond donors (Lipinski definition) is 1. The van der Waals surface area contributed by atoms with Crippen molar-refractivity contribution in [1.82, 2.24) is 4.90 Å². The maximum Gasteiger partial charge on any atom is 0.238 e. The number of nitrogens with zero attached hydrogens (tertiary/aromatic N) is 1. The molecule has 1 amide bonds. The lowest BCUT2D eigenvalue weighted by molar-refractivity contribution is -0.117. The number of carbonyl (C=O) groups excluding carboxylic acids is 1. The van der Waals surface area contributed by atoms with E-state index in [1.54, 1.807) is 7.11 Å². The van der Waals surface area contributed by atoms with E-state index in [0.29, 0.717) is 13.2 Å². The van der Waals surface area contributed by atoms with Gasteiger partial charge in [0, 0.05) is 19.3 Å². The van der Waals surface area contributed by atoms with Crippen molar-refractivity contribution in [2.75, 3.05) is 38.7 Å². The zero-order valence-electron chi connectivity index (χ0n) is 10.5. The van der Waals surface area contributed by atoms with Crippen molar-refractivity contribution in [1.29, 1.82) is 0 Å². The Bertz CT molecular complexity index is 327. The summed E-state index contributed by atoms with van der Waals surface area (Å²) in [5.74, 6) is 0.00848. The molecule has 4 nitrogen and oxygen atoms in total. The minimum Gasteiger partial charge on any atom is -0.383 e. The van der Waals surface area contributed by atoms with Crippen LogP contribution in [0.3, 0.4) is 0 Å². The summed E-state index contributed by atoms with van der Waals surface area (Å²) in [6.07, 6.45) is 0. The second-order valence-electron chi connectivity index (χ2n) is 3.78. The first kappa shape index (κ1) is 13.7. The van der Waals surface area contributed by atoms with Crippen LogP contribution in [0.5, 0.6) is 0 Å². The largest absolute Gasteiger partial charge is 0.383 e. The summed E-state index contributed by atoms with van der Waals surface area (Å²) >= 11 is 0. The number of benzene rings is 1. The fraction of sp³-hybridized carbons (Fsp3) is 0.462. The molecule has 94 valence electrons. The molecule has 1 aromatic carbocycles. The van der Waals surface area contributed by atoms with Crippen LogP contribution in [0.25, 0.3) is 0 Å². The molecule has 0 aliphatic carbocycles. The van der Waals surface area contributed by atoms with Crippen molar-refractivity contribution in [3.8, 4) is 0 Å². The van der Waals surface area contributed by atoms with Gasteiger partial charge in [-0.05, 0) is 18.7 Å². The number of rotatable bonds is 7. The topological polar surface area (TPSA) is 41.6 Å². The molecule has 1 aromatic rings. The Morgan fingerprint density at radius 2 is 2.06 bits per heavy atom. The predicted molar refractivity (Wildman–Crippen MR) is 69.1 cm³/mol. The third-order valence-corrected chi connectivity index (χ3v) is 2.48. The summed E-state index contributed by atoms with van der Waals surface area (Å²) in [4.78, 5) is 13.8. The monoisotopic (exact) mass is 236 g/mol. The molecule has 1 N–H and O–H groups in total. The van der Waals surface area contributed by atoms with Crippen LogP contribution in [0.2, 0.25) is 0 Å². The molecule has 17 heavy (non-hydrogen) atoms. The van der Waals surface area contributed by atoms with Gasteiger partial charge in [0.05, 0.1) is 13.2 Å². The highest BCUT2D eigenvalue weighted by Gasteiger charge is 2.08. The molecule has 1 rings (SSSR count). The Kier molecular flexibility index (Phi) is 6.29. The van der Waals surface area contributed by atoms with Gasteiger partial charge < -0.3 is 10.1 Å². The summed E-state index contributed by atoms with van der Waals surface area (Å²) in [6.45, 7) is 4.69. The summed E-state index contributed by atoms with van der Waals surface area (Å²) < 4.78 is 5.00. The highest BCUT2D eigenvalue weighted by atomic mass is 16.5. The number of carbonyl (C=O) groups is 1. The van der Waals surface area contributed by atoms with Crippen molar-refractivity contribution in [3.63, 3.8) is 0 Å². The zero-order valence-corrected chi connectivity index (χ0v) is 10.5. The average molecular weight is 236 g/mol. The van der Waals surface area contributed by atoms with E-state index in [2.05, 4.69) is 5.32 Å². The van der Waals surface area contributed by atoms with Gasteiger partial charge in [0.2, 0.25) is 5.91 Å². The van der Waals surface area contributed by atoms with Gasteiger partial charge in [-0.2, -0.15) is 0 Å². The number of ether oxygens (including phenoxy) is 1. The van der Waals surface area contributed by atoms with Crippen LogP contribution in [0, 0.1) is 0 Å². The highest BCUT2D eigenvalue weighted by molar-refractivity contribution is 5.92. The number of methoxy groups -OCH3 is 1. The number of para-hydroxylation sites is 1. The lowest BCUT2D eigenvalue weighted by atomic mass is 10.3. The van der Waals surface area contributed by atoms with Crippen molar-refractivity contribution in [2.24, 2.45) is 0 Å². The molecular weight excluding hydrogens is 216 g/mol. The molecule has 0 radical (unpaired) electrons. The highest BCUT2D eigenvalue weighted by Crippen LogP contribution is 2.04. The average Bonchev–Trinajstić information content (AvgIpc) is 2.35. The molecule has 0 aliphatic heterocycles. The lowest BCUT2D eigenvalue weighted by Crippen LogP contribution is -2.35. The van der Waals surface area contributed by atoms with Crippen molar-refractivity contribution in [2.45, 2.75) is 6.92 Å². The smallest absolute Gasteiger partial charge is 0.238 e. The fourth-order valence-electron chi connectivity index (χ4n) is 1.49.